The van der Waals surface area contributed by atoms with Crippen LogP contribution in [0.1, 0.15) is 49.5 Å². The summed E-state index contributed by atoms with van der Waals surface area (Å²) in [6.45, 7) is 3.95. The molecule has 1 aliphatic rings. The highest BCUT2D eigenvalue weighted by molar-refractivity contribution is 5.83. The normalized spacial score (nSPS) is 16.4. The number of hydrogen-bond donors (Lipinski definition) is 0. The van der Waals surface area contributed by atoms with Crippen molar-refractivity contribution in [3.8, 4) is 0 Å². The van der Waals surface area contributed by atoms with Gasteiger partial charge in [-0.15, -0.1) is 0 Å². The van der Waals surface area contributed by atoms with Gasteiger partial charge in [-0.3, -0.25) is 9.69 Å². The van der Waals surface area contributed by atoms with Gasteiger partial charge in [0.1, 0.15) is 11.9 Å². The number of halogens is 1. The van der Waals surface area contributed by atoms with Gasteiger partial charge in [-0.2, -0.15) is 4.98 Å². The number of aromatic nitrogens is 2. The van der Waals surface area contributed by atoms with Gasteiger partial charge in [-0.25, -0.2) is 4.39 Å². The van der Waals surface area contributed by atoms with Gasteiger partial charge in [-0.1, -0.05) is 30.6 Å². The van der Waals surface area contributed by atoms with Gasteiger partial charge < -0.3 is 9.42 Å². The SMILES string of the molecule is CCc1nc(CN(C)C(=O)C(c2ccc(F)cc2)N2CCCCC2)no1. The van der Waals surface area contributed by atoms with Crippen molar-refractivity contribution in [1.82, 2.24) is 19.9 Å². The molecule has 2 heterocycles. The van der Waals surface area contributed by atoms with Crippen LogP contribution in [-0.4, -0.2) is 46.0 Å². The quantitative estimate of drug-likeness (QED) is 0.793. The highest BCUT2D eigenvalue weighted by Crippen LogP contribution is 2.27. The molecule has 0 bridgehead atoms. The van der Waals surface area contributed by atoms with Crippen LogP contribution in [0.2, 0.25) is 0 Å². The molecule has 0 spiro atoms. The van der Waals surface area contributed by atoms with Gasteiger partial charge in [0.25, 0.3) is 0 Å². The van der Waals surface area contributed by atoms with Crippen LogP contribution in [-0.2, 0) is 17.8 Å². The number of hydrogen-bond acceptors (Lipinski definition) is 5. The average Bonchev–Trinajstić information content (AvgIpc) is 3.12. The molecule has 6 nitrogen and oxygen atoms in total. The first-order chi connectivity index (χ1) is 12.6. The molecular weight excluding hydrogens is 335 g/mol. The zero-order valence-corrected chi connectivity index (χ0v) is 15.3. The van der Waals surface area contributed by atoms with Crippen molar-refractivity contribution in [3.63, 3.8) is 0 Å². The maximum Gasteiger partial charge on any atom is 0.244 e. The monoisotopic (exact) mass is 360 g/mol. The predicted octanol–water partition coefficient (Wildman–Crippen LogP) is 2.96. The molecule has 3 rings (SSSR count). The predicted molar refractivity (Wildman–Crippen MR) is 94.7 cm³/mol. The fraction of sp³-hybridized carbons (Fsp3) is 0.526. The number of likely N-dealkylation sites (tertiary alicyclic amines) is 1. The number of amides is 1. The molecule has 1 fully saturated rings. The fourth-order valence-electron chi connectivity index (χ4n) is 3.33. The number of aryl methyl sites for hydroxylation is 1. The lowest BCUT2D eigenvalue weighted by Crippen LogP contribution is -2.43. The maximum absolute atomic E-state index is 13.3. The van der Waals surface area contributed by atoms with E-state index < -0.39 is 6.04 Å². The van der Waals surface area contributed by atoms with E-state index in [1.54, 1.807) is 24.1 Å². The summed E-state index contributed by atoms with van der Waals surface area (Å²) in [5.74, 6) is 0.716. The lowest BCUT2D eigenvalue weighted by molar-refractivity contribution is -0.137. The van der Waals surface area contributed by atoms with Crippen molar-refractivity contribution in [2.45, 2.75) is 45.2 Å². The molecule has 1 atom stereocenters. The third kappa shape index (κ3) is 4.27. The van der Waals surface area contributed by atoms with Crippen molar-refractivity contribution in [1.29, 1.82) is 0 Å². The van der Waals surface area contributed by atoms with Crippen molar-refractivity contribution in [2.75, 3.05) is 20.1 Å². The maximum atomic E-state index is 13.3. The number of nitrogens with zero attached hydrogens (tertiary/aromatic N) is 4. The molecule has 1 aromatic heterocycles. The first-order valence-electron chi connectivity index (χ1n) is 9.14. The number of carbonyl (C=O) groups excluding carboxylic acids is 1. The minimum Gasteiger partial charge on any atom is -0.339 e. The Hall–Kier alpha value is -2.28. The minimum atomic E-state index is -0.418. The van der Waals surface area contributed by atoms with Gasteiger partial charge in [0, 0.05) is 13.5 Å². The van der Waals surface area contributed by atoms with Crippen LogP contribution in [0.4, 0.5) is 4.39 Å². The second kappa shape index (κ2) is 8.40. The van der Waals surface area contributed by atoms with Crippen LogP contribution in [0.3, 0.4) is 0 Å². The lowest BCUT2D eigenvalue weighted by atomic mass is 10.0. The Kier molecular flexibility index (Phi) is 5.98. The second-order valence-electron chi connectivity index (χ2n) is 6.70. The first kappa shape index (κ1) is 18.5. The molecule has 0 N–H and O–H groups in total. The van der Waals surface area contributed by atoms with Gasteiger partial charge in [-0.05, 0) is 43.6 Å². The fourth-order valence-corrected chi connectivity index (χ4v) is 3.33. The summed E-state index contributed by atoms with van der Waals surface area (Å²) < 4.78 is 18.5. The second-order valence-corrected chi connectivity index (χ2v) is 6.70. The smallest absolute Gasteiger partial charge is 0.244 e. The summed E-state index contributed by atoms with van der Waals surface area (Å²) in [4.78, 5) is 21.3. The van der Waals surface area contributed by atoms with Crippen molar-refractivity contribution < 1.29 is 13.7 Å². The molecule has 0 saturated carbocycles. The van der Waals surface area contributed by atoms with E-state index in [9.17, 15) is 9.18 Å². The van der Waals surface area contributed by atoms with Crippen molar-refractivity contribution in [2.24, 2.45) is 0 Å². The van der Waals surface area contributed by atoms with E-state index in [-0.39, 0.29) is 18.3 Å². The zero-order valence-electron chi connectivity index (χ0n) is 15.3. The molecule has 26 heavy (non-hydrogen) atoms. The van der Waals surface area contributed by atoms with Gasteiger partial charge >= 0.3 is 0 Å². The molecule has 1 unspecified atom stereocenters. The summed E-state index contributed by atoms with van der Waals surface area (Å²) in [5.41, 5.74) is 0.813. The zero-order chi connectivity index (χ0) is 18.5. The summed E-state index contributed by atoms with van der Waals surface area (Å²) >= 11 is 0. The number of benzene rings is 1. The highest BCUT2D eigenvalue weighted by atomic mass is 19.1. The van der Waals surface area contributed by atoms with E-state index in [2.05, 4.69) is 15.0 Å². The van der Waals surface area contributed by atoms with Crippen LogP contribution in [0.5, 0.6) is 0 Å². The largest absolute Gasteiger partial charge is 0.339 e. The van der Waals surface area contributed by atoms with Crippen LogP contribution in [0.15, 0.2) is 28.8 Å². The Morgan fingerprint density at radius 3 is 2.58 bits per heavy atom. The highest BCUT2D eigenvalue weighted by Gasteiger charge is 2.31. The van der Waals surface area contributed by atoms with Gasteiger partial charge in [0.05, 0.1) is 6.54 Å². The van der Waals surface area contributed by atoms with E-state index in [0.717, 1.165) is 31.5 Å². The van der Waals surface area contributed by atoms with E-state index in [4.69, 9.17) is 4.52 Å². The summed E-state index contributed by atoms with van der Waals surface area (Å²) in [6, 6.07) is 5.80. The molecule has 1 aliphatic heterocycles. The molecule has 1 amide bonds. The van der Waals surface area contributed by atoms with Crippen LogP contribution >= 0.6 is 0 Å². The summed E-state index contributed by atoms with van der Waals surface area (Å²) in [5, 5.41) is 3.92. The van der Waals surface area contributed by atoms with Crippen LogP contribution in [0.25, 0.3) is 0 Å². The standard InChI is InChI=1S/C19H25FN4O2/c1-3-17-21-16(22-26-17)13-23(2)19(25)18(24-11-5-4-6-12-24)14-7-9-15(20)10-8-14/h7-10,18H,3-6,11-13H2,1-2H3. The van der Waals surface area contributed by atoms with E-state index in [1.165, 1.54) is 18.6 Å². The third-order valence-electron chi connectivity index (χ3n) is 4.74. The number of likely N-dealkylation sites (N-methyl/N-ethyl adjacent to an activating group) is 1. The Balaban J connectivity index is 1.79. The summed E-state index contributed by atoms with van der Waals surface area (Å²) in [6.07, 6.45) is 3.98. The molecule has 7 heteroatoms. The number of piperidine rings is 1. The van der Waals surface area contributed by atoms with E-state index in [0.29, 0.717) is 18.1 Å². The lowest BCUT2D eigenvalue weighted by Gasteiger charge is -2.35. The van der Waals surface area contributed by atoms with Crippen molar-refractivity contribution >= 4 is 5.91 Å². The van der Waals surface area contributed by atoms with Gasteiger partial charge in [0.15, 0.2) is 5.82 Å². The third-order valence-corrected chi connectivity index (χ3v) is 4.74. The number of rotatable bonds is 6. The molecule has 0 aliphatic carbocycles. The topological polar surface area (TPSA) is 62.5 Å². The number of carbonyl (C=O) groups is 1. The Bertz CT molecular complexity index is 725. The van der Waals surface area contributed by atoms with Gasteiger partial charge in [0.2, 0.25) is 11.8 Å². The summed E-state index contributed by atoms with van der Waals surface area (Å²) in [7, 11) is 1.74. The molecule has 2 aromatic rings. The minimum absolute atomic E-state index is 0.0404. The molecule has 1 aromatic carbocycles. The Morgan fingerprint density at radius 1 is 1.27 bits per heavy atom. The molecular formula is C19H25FN4O2. The Morgan fingerprint density at radius 2 is 1.96 bits per heavy atom. The van der Waals surface area contributed by atoms with E-state index in [1.807, 2.05) is 6.92 Å². The van der Waals surface area contributed by atoms with E-state index >= 15 is 0 Å². The Labute approximate surface area is 153 Å². The average molecular weight is 360 g/mol. The molecule has 0 radical (unpaired) electrons. The first-order valence-corrected chi connectivity index (χ1v) is 9.14. The van der Waals surface area contributed by atoms with Crippen LogP contribution in [0, 0.1) is 5.82 Å². The van der Waals surface area contributed by atoms with Crippen molar-refractivity contribution in [3.05, 3.63) is 47.4 Å². The molecule has 140 valence electrons. The molecule has 1 saturated heterocycles. The van der Waals surface area contributed by atoms with Crippen LogP contribution < -0.4 is 0 Å².